The summed E-state index contributed by atoms with van der Waals surface area (Å²) in [6.45, 7) is 6.71. The first-order valence-electron chi connectivity index (χ1n) is 37.3. The van der Waals surface area contributed by atoms with Crippen LogP contribution in [0.15, 0.2) is 24.3 Å². The van der Waals surface area contributed by atoms with Crippen LogP contribution in [-0.4, -0.2) is 37.2 Å². The van der Waals surface area contributed by atoms with Gasteiger partial charge in [0.25, 0.3) is 0 Å². The molecule has 0 fully saturated rings. The molecule has 0 rings (SSSR count). The molecule has 0 amide bonds. The normalized spacial score (nSPS) is 12.1. The molecular formula is C76H144O6. The fourth-order valence-electron chi connectivity index (χ4n) is 11.6. The van der Waals surface area contributed by atoms with E-state index in [1.54, 1.807) is 0 Å². The minimum absolute atomic E-state index is 0.0638. The summed E-state index contributed by atoms with van der Waals surface area (Å²) in [6.07, 6.45) is 88.0. The van der Waals surface area contributed by atoms with Crippen molar-refractivity contribution in [3.8, 4) is 0 Å². The average molecular weight is 1150 g/mol. The lowest BCUT2D eigenvalue weighted by Gasteiger charge is -2.18. The third-order valence-corrected chi connectivity index (χ3v) is 17.2. The molecule has 0 radical (unpaired) electrons. The highest BCUT2D eigenvalue weighted by molar-refractivity contribution is 5.71. The van der Waals surface area contributed by atoms with Gasteiger partial charge in [-0.15, -0.1) is 0 Å². The van der Waals surface area contributed by atoms with Gasteiger partial charge in [-0.25, -0.2) is 0 Å². The first-order valence-corrected chi connectivity index (χ1v) is 37.3. The van der Waals surface area contributed by atoms with Gasteiger partial charge in [-0.1, -0.05) is 379 Å². The van der Waals surface area contributed by atoms with E-state index in [4.69, 9.17) is 14.2 Å². The lowest BCUT2D eigenvalue weighted by molar-refractivity contribution is -0.167. The molecule has 6 heteroatoms. The molecule has 82 heavy (non-hydrogen) atoms. The van der Waals surface area contributed by atoms with Crippen molar-refractivity contribution in [2.45, 2.75) is 431 Å². The number of carbonyl (C=O) groups excluding carboxylic acids is 3. The molecule has 0 aliphatic carbocycles. The summed E-state index contributed by atoms with van der Waals surface area (Å²) in [5.41, 5.74) is 0. The SMILES string of the molecule is CCCCCCC/C=C\C/C=C\CCCCCCCCCCCCCCCCCC(=O)OCC(COC(=O)CCCCCCCCCCCCC)OC(=O)CCCCCCCCCCCCCCCCCCCCCCCCCCCC. The standard InChI is InChI=1S/C76H144O6/c1-4-7-10-13-16-19-22-24-26-28-30-32-34-36-38-40-41-43-45-47-49-51-54-57-60-63-66-69-75(78)81-72-73(71-80-74(77)68-65-62-59-56-53-21-18-15-12-9-6-3)82-76(79)70-67-64-61-58-55-52-50-48-46-44-42-39-37-35-33-31-29-27-25-23-20-17-14-11-8-5-2/h22,24,28,30,73H,4-21,23,25-27,29,31-72H2,1-3H3/b24-22-,30-28-. The molecule has 0 aromatic heterocycles. The van der Waals surface area contributed by atoms with Gasteiger partial charge < -0.3 is 14.2 Å². The molecule has 0 aromatic rings. The van der Waals surface area contributed by atoms with E-state index in [-0.39, 0.29) is 31.1 Å². The van der Waals surface area contributed by atoms with Gasteiger partial charge in [0.15, 0.2) is 6.10 Å². The number of ether oxygens (including phenoxy) is 3. The minimum atomic E-state index is -0.767. The summed E-state index contributed by atoms with van der Waals surface area (Å²) >= 11 is 0. The second-order valence-electron chi connectivity index (χ2n) is 25.6. The predicted molar refractivity (Wildman–Crippen MR) is 358 cm³/mol. The van der Waals surface area contributed by atoms with Gasteiger partial charge in [0.2, 0.25) is 0 Å². The fraction of sp³-hybridized carbons (Fsp3) is 0.908. The van der Waals surface area contributed by atoms with Gasteiger partial charge in [-0.05, 0) is 51.4 Å². The maximum atomic E-state index is 13.0. The molecule has 0 heterocycles. The number of hydrogen-bond acceptors (Lipinski definition) is 6. The Bertz CT molecular complexity index is 1320. The fourth-order valence-corrected chi connectivity index (χ4v) is 11.6. The molecule has 0 saturated carbocycles. The summed E-state index contributed by atoms with van der Waals surface area (Å²) < 4.78 is 17.0. The first kappa shape index (κ1) is 79.9. The number of hydrogen-bond donors (Lipinski definition) is 0. The molecule has 0 aliphatic heterocycles. The van der Waals surface area contributed by atoms with Crippen LogP contribution >= 0.6 is 0 Å². The highest BCUT2D eigenvalue weighted by Crippen LogP contribution is 2.19. The molecule has 484 valence electrons. The third kappa shape index (κ3) is 68.7. The Labute approximate surface area is 513 Å². The monoisotopic (exact) mass is 1150 g/mol. The summed E-state index contributed by atoms with van der Waals surface area (Å²) in [5.74, 6) is -0.830. The van der Waals surface area contributed by atoms with Crippen molar-refractivity contribution in [3.63, 3.8) is 0 Å². The average Bonchev–Trinajstić information content (AvgIpc) is 3.48. The smallest absolute Gasteiger partial charge is 0.306 e. The molecule has 1 unspecified atom stereocenters. The number of carbonyl (C=O) groups is 3. The van der Waals surface area contributed by atoms with E-state index in [0.29, 0.717) is 19.3 Å². The zero-order chi connectivity index (χ0) is 59.2. The minimum Gasteiger partial charge on any atom is -0.462 e. The van der Waals surface area contributed by atoms with Crippen molar-refractivity contribution in [2.24, 2.45) is 0 Å². The molecule has 1 atom stereocenters. The van der Waals surface area contributed by atoms with Gasteiger partial charge in [-0.2, -0.15) is 0 Å². The molecule has 0 saturated heterocycles. The Morgan fingerprint density at radius 3 is 0.671 bits per heavy atom. The highest BCUT2D eigenvalue weighted by Gasteiger charge is 2.20. The van der Waals surface area contributed by atoms with Crippen LogP contribution in [0.25, 0.3) is 0 Å². The van der Waals surface area contributed by atoms with Gasteiger partial charge in [0.05, 0.1) is 0 Å². The first-order chi connectivity index (χ1) is 40.5. The predicted octanol–water partition coefficient (Wildman–Crippen LogP) is 25.7. The van der Waals surface area contributed by atoms with Crippen molar-refractivity contribution < 1.29 is 28.6 Å². The van der Waals surface area contributed by atoms with Crippen LogP contribution in [0.3, 0.4) is 0 Å². The number of allylic oxidation sites excluding steroid dienone is 4. The van der Waals surface area contributed by atoms with Crippen LogP contribution < -0.4 is 0 Å². The maximum Gasteiger partial charge on any atom is 0.306 e. The van der Waals surface area contributed by atoms with Crippen molar-refractivity contribution in [1.82, 2.24) is 0 Å². The zero-order valence-electron chi connectivity index (χ0n) is 55.8. The van der Waals surface area contributed by atoms with E-state index < -0.39 is 6.10 Å². The van der Waals surface area contributed by atoms with Crippen molar-refractivity contribution in [1.29, 1.82) is 0 Å². The molecule has 0 aliphatic rings. The van der Waals surface area contributed by atoms with Crippen molar-refractivity contribution >= 4 is 17.9 Å². The van der Waals surface area contributed by atoms with E-state index >= 15 is 0 Å². The summed E-state index contributed by atoms with van der Waals surface area (Å²) in [6, 6.07) is 0. The van der Waals surface area contributed by atoms with E-state index in [9.17, 15) is 14.4 Å². The third-order valence-electron chi connectivity index (χ3n) is 17.2. The van der Waals surface area contributed by atoms with Crippen molar-refractivity contribution in [3.05, 3.63) is 24.3 Å². The maximum absolute atomic E-state index is 13.0. The quantitative estimate of drug-likeness (QED) is 0.0261. The number of unbranched alkanes of at least 4 members (excludes halogenated alkanes) is 55. The lowest BCUT2D eigenvalue weighted by atomic mass is 10.0. The summed E-state index contributed by atoms with van der Waals surface area (Å²) in [5, 5.41) is 0. The Morgan fingerprint density at radius 1 is 0.244 bits per heavy atom. The topological polar surface area (TPSA) is 78.9 Å². The molecule has 0 N–H and O–H groups in total. The van der Waals surface area contributed by atoms with Crippen LogP contribution in [0.4, 0.5) is 0 Å². The van der Waals surface area contributed by atoms with Crippen LogP contribution in [0, 0.1) is 0 Å². The second kappa shape index (κ2) is 71.4. The summed E-state index contributed by atoms with van der Waals surface area (Å²) in [4.78, 5) is 38.4. The largest absolute Gasteiger partial charge is 0.462 e. The Hall–Kier alpha value is -2.11. The van der Waals surface area contributed by atoms with Crippen LogP contribution in [0.5, 0.6) is 0 Å². The van der Waals surface area contributed by atoms with E-state index in [2.05, 4.69) is 45.1 Å². The van der Waals surface area contributed by atoms with Gasteiger partial charge in [0.1, 0.15) is 13.2 Å². The highest BCUT2D eigenvalue weighted by atomic mass is 16.6. The van der Waals surface area contributed by atoms with Crippen molar-refractivity contribution in [2.75, 3.05) is 13.2 Å². The Kier molecular flexibility index (Phi) is 69.5. The molecular weight excluding hydrogens is 1010 g/mol. The van der Waals surface area contributed by atoms with Gasteiger partial charge in [-0.3, -0.25) is 14.4 Å². The Morgan fingerprint density at radius 2 is 0.439 bits per heavy atom. The lowest BCUT2D eigenvalue weighted by Crippen LogP contribution is -2.30. The van der Waals surface area contributed by atoms with E-state index in [0.717, 1.165) is 64.2 Å². The molecule has 0 aromatic carbocycles. The van der Waals surface area contributed by atoms with Crippen LogP contribution in [0.2, 0.25) is 0 Å². The van der Waals surface area contributed by atoms with Gasteiger partial charge >= 0.3 is 17.9 Å². The van der Waals surface area contributed by atoms with Crippen LogP contribution in [0.1, 0.15) is 425 Å². The summed E-state index contributed by atoms with van der Waals surface area (Å²) in [7, 11) is 0. The molecule has 6 nitrogen and oxygen atoms in total. The second-order valence-corrected chi connectivity index (χ2v) is 25.6. The van der Waals surface area contributed by atoms with Crippen LogP contribution in [-0.2, 0) is 28.6 Å². The van der Waals surface area contributed by atoms with E-state index in [1.807, 2.05) is 0 Å². The molecule has 0 bridgehead atoms. The number of esters is 3. The Balaban J connectivity index is 4.13. The zero-order valence-corrected chi connectivity index (χ0v) is 55.8. The van der Waals surface area contributed by atoms with E-state index in [1.165, 1.54) is 321 Å². The van der Waals surface area contributed by atoms with Gasteiger partial charge in [0, 0.05) is 19.3 Å². The molecule has 0 spiro atoms. The number of rotatable bonds is 70.